The third-order valence-corrected chi connectivity index (χ3v) is 6.11. The average Bonchev–Trinajstić information content (AvgIpc) is 2.92. The van der Waals surface area contributed by atoms with E-state index in [1.54, 1.807) is 44.4 Å². The molecule has 1 aromatic heterocycles. The number of aromatic nitrogens is 2. The zero-order chi connectivity index (χ0) is 26.5. The highest BCUT2D eigenvalue weighted by Gasteiger charge is 2.18. The highest BCUT2D eigenvalue weighted by atomic mass is 35.5. The second-order valence-corrected chi connectivity index (χ2v) is 8.45. The summed E-state index contributed by atoms with van der Waals surface area (Å²) in [5.41, 5.74) is 1.28. The zero-order valence-corrected chi connectivity index (χ0v) is 20.9. The summed E-state index contributed by atoms with van der Waals surface area (Å²) in [7, 11) is 1.58. The van der Waals surface area contributed by atoms with Crippen molar-refractivity contribution in [3.05, 3.63) is 110 Å². The molecule has 0 aliphatic carbocycles. The predicted octanol–water partition coefficient (Wildman–Crippen LogP) is 3.59. The van der Waals surface area contributed by atoms with Gasteiger partial charge in [0.15, 0.2) is 6.07 Å². The lowest BCUT2D eigenvalue weighted by Crippen LogP contribution is -2.37. The molecule has 1 unspecified atom stereocenters. The largest absolute Gasteiger partial charge is 0.497 e. The van der Waals surface area contributed by atoms with E-state index in [1.165, 1.54) is 24.3 Å². The maximum atomic E-state index is 13.3. The standard InChI is InChI=1S/C27H24ClN3O6/c1-16(18-5-7-19(8-6-18)26(34)37-15-28)31-25(33)22-13-20(9-12-23(22)30-27(31)35)24(32)29-14-17-3-10-21(36-2)11-4-17/h3-13,16H,14-15H2,1-2H3,(H,29,32)(H,30,35). The van der Waals surface area contributed by atoms with Gasteiger partial charge in [-0.1, -0.05) is 35.9 Å². The molecular formula is C27H24ClN3O6. The number of carbonyl (C=O) groups is 2. The van der Waals surface area contributed by atoms with Crippen LogP contribution in [0.15, 0.2) is 76.3 Å². The fourth-order valence-corrected chi connectivity index (χ4v) is 4.03. The Labute approximate surface area is 216 Å². The van der Waals surface area contributed by atoms with Crippen LogP contribution in [0.2, 0.25) is 0 Å². The summed E-state index contributed by atoms with van der Waals surface area (Å²) >= 11 is 5.43. The molecule has 0 aliphatic heterocycles. The number of rotatable bonds is 8. The summed E-state index contributed by atoms with van der Waals surface area (Å²) in [5.74, 6) is -0.219. The van der Waals surface area contributed by atoms with Crippen LogP contribution in [0, 0.1) is 0 Å². The van der Waals surface area contributed by atoms with Crippen LogP contribution in [-0.2, 0) is 11.3 Å². The molecule has 10 heteroatoms. The molecule has 2 N–H and O–H groups in total. The van der Waals surface area contributed by atoms with E-state index in [0.29, 0.717) is 28.9 Å². The number of fused-ring (bicyclic) bond motifs is 1. The molecule has 0 saturated heterocycles. The van der Waals surface area contributed by atoms with E-state index >= 15 is 0 Å². The number of H-pyrrole nitrogens is 1. The first kappa shape index (κ1) is 25.7. The summed E-state index contributed by atoms with van der Waals surface area (Å²) in [4.78, 5) is 53.4. The Bertz CT molecular complexity index is 1560. The Morgan fingerprint density at radius 2 is 1.68 bits per heavy atom. The Hall–Kier alpha value is -4.37. The molecule has 37 heavy (non-hydrogen) atoms. The molecule has 4 aromatic rings. The molecule has 4 rings (SSSR count). The van der Waals surface area contributed by atoms with Crippen molar-refractivity contribution in [3.63, 3.8) is 0 Å². The van der Waals surface area contributed by atoms with Crippen molar-refractivity contribution < 1.29 is 19.1 Å². The molecule has 0 spiro atoms. The zero-order valence-electron chi connectivity index (χ0n) is 20.1. The molecular weight excluding hydrogens is 498 g/mol. The third kappa shape index (κ3) is 5.57. The number of halogens is 1. The van der Waals surface area contributed by atoms with Crippen molar-refractivity contribution >= 4 is 34.4 Å². The van der Waals surface area contributed by atoms with Gasteiger partial charge in [-0.25, -0.2) is 9.59 Å². The fourth-order valence-electron chi connectivity index (χ4n) is 3.93. The highest BCUT2D eigenvalue weighted by molar-refractivity contribution is 6.17. The van der Waals surface area contributed by atoms with E-state index in [1.807, 2.05) is 12.1 Å². The van der Waals surface area contributed by atoms with Crippen LogP contribution in [0.5, 0.6) is 5.75 Å². The number of alkyl halides is 1. The first-order valence-corrected chi connectivity index (χ1v) is 11.9. The topological polar surface area (TPSA) is 119 Å². The molecule has 1 amide bonds. The van der Waals surface area contributed by atoms with Crippen molar-refractivity contribution in [2.45, 2.75) is 19.5 Å². The van der Waals surface area contributed by atoms with Gasteiger partial charge in [0.2, 0.25) is 0 Å². The maximum absolute atomic E-state index is 13.3. The van der Waals surface area contributed by atoms with Gasteiger partial charge in [0, 0.05) is 12.1 Å². The van der Waals surface area contributed by atoms with Gasteiger partial charge < -0.3 is 19.8 Å². The first-order chi connectivity index (χ1) is 17.8. The number of benzene rings is 3. The molecule has 0 aliphatic rings. The van der Waals surface area contributed by atoms with Gasteiger partial charge in [0.1, 0.15) is 5.75 Å². The number of nitrogens with one attached hydrogen (secondary N) is 2. The lowest BCUT2D eigenvalue weighted by Gasteiger charge is -2.16. The lowest BCUT2D eigenvalue weighted by molar-refractivity contribution is 0.0574. The molecule has 1 heterocycles. The van der Waals surface area contributed by atoms with Crippen LogP contribution in [-0.4, -0.2) is 34.6 Å². The minimum atomic E-state index is -0.647. The van der Waals surface area contributed by atoms with Gasteiger partial charge >= 0.3 is 11.7 Å². The number of ether oxygens (including phenoxy) is 2. The van der Waals surface area contributed by atoms with Crippen LogP contribution < -0.4 is 21.3 Å². The van der Waals surface area contributed by atoms with Crippen LogP contribution in [0.1, 0.15) is 44.8 Å². The van der Waals surface area contributed by atoms with Gasteiger partial charge in [-0.3, -0.25) is 14.2 Å². The highest BCUT2D eigenvalue weighted by Crippen LogP contribution is 2.18. The Morgan fingerprint density at radius 3 is 2.32 bits per heavy atom. The monoisotopic (exact) mass is 521 g/mol. The molecule has 190 valence electrons. The first-order valence-electron chi connectivity index (χ1n) is 11.3. The lowest BCUT2D eigenvalue weighted by atomic mass is 10.1. The second kappa shape index (κ2) is 11.1. The third-order valence-electron chi connectivity index (χ3n) is 6.01. The maximum Gasteiger partial charge on any atom is 0.339 e. The Balaban J connectivity index is 1.60. The fraction of sp³-hybridized carbons (Fsp3) is 0.185. The number of hydrogen-bond donors (Lipinski definition) is 2. The number of nitrogens with zero attached hydrogens (tertiary/aromatic N) is 1. The van der Waals surface area contributed by atoms with Crippen molar-refractivity contribution in [1.29, 1.82) is 0 Å². The van der Waals surface area contributed by atoms with Crippen LogP contribution in [0.25, 0.3) is 10.9 Å². The molecule has 9 nitrogen and oxygen atoms in total. The van der Waals surface area contributed by atoms with Crippen molar-refractivity contribution in [2.24, 2.45) is 0 Å². The second-order valence-electron chi connectivity index (χ2n) is 8.24. The number of methoxy groups -OCH3 is 1. The molecule has 0 bridgehead atoms. The Morgan fingerprint density at radius 1 is 1.00 bits per heavy atom. The van der Waals surface area contributed by atoms with E-state index in [2.05, 4.69) is 10.3 Å². The number of esters is 1. The van der Waals surface area contributed by atoms with E-state index in [9.17, 15) is 19.2 Å². The molecule has 0 saturated carbocycles. The van der Waals surface area contributed by atoms with E-state index < -0.39 is 23.3 Å². The summed E-state index contributed by atoms with van der Waals surface area (Å²) in [6, 6.07) is 17.3. The summed E-state index contributed by atoms with van der Waals surface area (Å²) in [6.45, 7) is 1.99. The number of carbonyl (C=O) groups excluding carboxylic acids is 2. The summed E-state index contributed by atoms with van der Waals surface area (Å²) in [6.07, 6.45) is 0. The Kier molecular flexibility index (Phi) is 7.74. The van der Waals surface area contributed by atoms with Crippen molar-refractivity contribution in [3.8, 4) is 5.75 Å². The molecule has 0 radical (unpaired) electrons. The van der Waals surface area contributed by atoms with Crippen molar-refractivity contribution in [2.75, 3.05) is 13.2 Å². The molecule has 1 atom stereocenters. The minimum Gasteiger partial charge on any atom is -0.497 e. The smallest absolute Gasteiger partial charge is 0.339 e. The van der Waals surface area contributed by atoms with Crippen LogP contribution >= 0.6 is 11.6 Å². The van der Waals surface area contributed by atoms with Gasteiger partial charge in [-0.2, -0.15) is 0 Å². The number of aromatic amines is 1. The summed E-state index contributed by atoms with van der Waals surface area (Å²) in [5, 5.41) is 3.03. The van der Waals surface area contributed by atoms with E-state index in [4.69, 9.17) is 21.1 Å². The minimum absolute atomic E-state index is 0.200. The van der Waals surface area contributed by atoms with E-state index in [-0.39, 0.29) is 22.9 Å². The number of hydrogen-bond acceptors (Lipinski definition) is 6. The normalized spacial score (nSPS) is 11.6. The molecule has 3 aromatic carbocycles. The van der Waals surface area contributed by atoms with Crippen molar-refractivity contribution in [1.82, 2.24) is 14.9 Å². The van der Waals surface area contributed by atoms with Gasteiger partial charge in [-0.05, 0) is 60.5 Å². The molecule has 0 fully saturated rings. The van der Waals surface area contributed by atoms with Crippen LogP contribution in [0.3, 0.4) is 0 Å². The SMILES string of the molecule is COc1ccc(CNC(=O)c2ccc3[nH]c(=O)n(C(C)c4ccc(C(=O)OCCl)cc4)c(=O)c3c2)cc1. The number of amides is 1. The van der Waals surface area contributed by atoms with Crippen LogP contribution in [0.4, 0.5) is 0 Å². The van der Waals surface area contributed by atoms with Gasteiger partial charge in [-0.15, -0.1) is 0 Å². The van der Waals surface area contributed by atoms with Gasteiger partial charge in [0.25, 0.3) is 11.5 Å². The quantitative estimate of drug-likeness (QED) is 0.270. The summed E-state index contributed by atoms with van der Waals surface area (Å²) < 4.78 is 11.0. The average molecular weight is 522 g/mol. The van der Waals surface area contributed by atoms with Gasteiger partial charge in [0.05, 0.1) is 29.6 Å². The predicted molar refractivity (Wildman–Crippen MR) is 139 cm³/mol. The van der Waals surface area contributed by atoms with E-state index in [0.717, 1.165) is 10.1 Å².